The summed E-state index contributed by atoms with van der Waals surface area (Å²) in [4.78, 5) is 13.1. The number of methoxy groups -OCH3 is 1. The molecule has 0 aromatic heterocycles. The van der Waals surface area contributed by atoms with E-state index in [1.165, 1.54) is 37.4 Å². The molecule has 0 radical (unpaired) electrons. The van der Waals surface area contributed by atoms with Gasteiger partial charge in [0.05, 0.1) is 22.7 Å². The van der Waals surface area contributed by atoms with Crippen molar-refractivity contribution >= 4 is 33.2 Å². The fraction of sp³-hybridized carbons (Fsp3) is 0.136. The molecule has 0 unspecified atom stereocenters. The number of hydrogen-bond acceptors (Lipinski definition) is 4. The molecule has 3 aromatic rings. The molecule has 0 saturated carbocycles. The summed E-state index contributed by atoms with van der Waals surface area (Å²) in [6, 6.07) is 21.7. The molecule has 0 aliphatic carbocycles. The highest BCUT2D eigenvalue weighted by Gasteiger charge is 2.31. The average Bonchev–Trinajstić information content (AvgIpc) is 2.74. The maximum atomic E-state index is 13.3. The van der Waals surface area contributed by atoms with Crippen molar-refractivity contribution in [2.45, 2.75) is 17.7 Å². The molecule has 0 bridgehead atoms. The van der Waals surface area contributed by atoms with Gasteiger partial charge in [0.15, 0.2) is 0 Å². The summed E-state index contributed by atoms with van der Waals surface area (Å²) in [6.07, 6.45) is 0.449. The van der Waals surface area contributed by atoms with E-state index in [4.69, 9.17) is 16.3 Å². The Kier molecular flexibility index (Phi) is 6.56. The average molecular weight is 430 g/mol. The molecule has 0 spiro atoms. The van der Waals surface area contributed by atoms with Crippen LogP contribution < -0.4 is 9.04 Å². The second-order valence-electron chi connectivity index (χ2n) is 6.28. The van der Waals surface area contributed by atoms with Crippen molar-refractivity contribution in [1.29, 1.82) is 0 Å². The fourth-order valence-corrected chi connectivity index (χ4v) is 4.61. The summed E-state index contributed by atoms with van der Waals surface area (Å²) < 4.78 is 32.5. The van der Waals surface area contributed by atoms with E-state index in [1.54, 1.807) is 18.2 Å². The Morgan fingerprint density at radius 3 is 2.17 bits per heavy atom. The number of rotatable bonds is 7. The van der Waals surface area contributed by atoms with Gasteiger partial charge in [-0.2, -0.15) is 0 Å². The van der Waals surface area contributed by atoms with Gasteiger partial charge in [-0.25, -0.2) is 12.7 Å². The molecular weight excluding hydrogens is 410 g/mol. The number of anilines is 1. The largest absolute Gasteiger partial charge is 0.495 e. The highest BCUT2D eigenvalue weighted by atomic mass is 35.5. The van der Waals surface area contributed by atoms with Crippen LogP contribution in [0.4, 0.5) is 5.69 Å². The molecule has 0 aliphatic heterocycles. The standard InChI is InChI=1S/C22H20ClNO4S/c1-28-21-14-13-18(16-20(21)23)24(29(26,27)19-10-6-3-7-11-19)22(25)15-12-17-8-4-2-5-9-17/h2-11,13-14,16H,12,15H2,1H3. The van der Waals surface area contributed by atoms with Gasteiger partial charge in [-0.3, -0.25) is 4.79 Å². The van der Waals surface area contributed by atoms with E-state index in [0.29, 0.717) is 12.2 Å². The molecule has 3 rings (SSSR count). The Morgan fingerprint density at radius 1 is 0.966 bits per heavy atom. The number of carbonyl (C=O) groups is 1. The molecule has 0 saturated heterocycles. The first kappa shape index (κ1) is 20.9. The van der Waals surface area contributed by atoms with Crippen LogP contribution in [0.15, 0.2) is 83.8 Å². The predicted molar refractivity (Wildman–Crippen MR) is 114 cm³/mol. The summed E-state index contributed by atoms with van der Waals surface area (Å²) in [6.45, 7) is 0. The Morgan fingerprint density at radius 2 is 1.59 bits per heavy atom. The number of aryl methyl sites for hydroxylation is 1. The summed E-state index contributed by atoms with van der Waals surface area (Å²) in [5, 5.41) is 0.217. The monoisotopic (exact) mass is 429 g/mol. The molecular formula is C22H20ClNO4S. The highest BCUT2D eigenvalue weighted by molar-refractivity contribution is 7.93. The summed E-state index contributed by atoms with van der Waals surface area (Å²) in [5.74, 6) is -0.150. The van der Waals surface area contributed by atoms with E-state index in [9.17, 15) is 13.2 Å². The van der Waals surface area contributed by atoms with Crippen LogP contribution in [0, 0.1) is 0 Å². The minimum Gasteiger partial charge on any atom is -0.495 e. The van der Waals surface area contributed by atoms with Crippen molar-refractivity contribution in [3.05, 3.63) is 89.4 Å². The Hall–Kier alpha value is -2.83. The molecule has 0 atom stereocenters. The summed E-state index contributed by atoms with van der Waals surface area (Å²) >= 11 is 6.19. The third-order valence-electron chi connectivity index (χ3n) is 4.35. The molecule has 0 heterocycles. The highest BCUT2D eigenvalue weighted by Crippen LogP contribution is 2.32. The van der Waals surface area contributed by atoms with Gasteiger partial charge >= 0.3 is 0 Å². The number of benzene rings is 3. The molecule has 1 amide bonds. The Balaban J connectivity index is 1.99. The van der Waals surface area contributed by atoms with Crippen molar-refractivity contribution in [2.24, 2.45) is 0 Å². The predicted octanol–water partition coefficient (Wildman–Crippen LogP) is 4.70. The summed E-state index contributed by atoms with van der Waals surface area (Å²) in [7, 11) is -2.65. The van der Waals surface area contributed by atoms with E-state index in [1.807, 2.05) is 30.3 Å². The first-order chi connectivity index (χ1) is 13.9. The topological polar surface area (TPSA) is 63.7 Å². The molecule has 150 valence electrons. The number of amides is 1. The number of ether oxygens (including phenoxy) is 1. The maximum Gasteiger partial charge on any atom is 0.270 e. The lowest BCUT2D eigenvalue weighted by Crippen LogP contribution is -2.37. The quantitative estimate of drug-likeness (QED) is 0.546. The minimum atomic E-state index is -4.11. The minimum absolute atomic E-state index is 0.0275. The maximum absolute atomic E-state index is 13.3. The molecule has 29 heavy (non-hydrogen) atoms. The van der Waals surface area contributed by atoms with Crippen LogP contribution in [0.3, 0.4) is 0 Å². The van der Waals surface area contributed by atoms with Crippen LogP contribution in [-0.2, 0) is 21.2 Å². The molecule has 0 N–H and O–H groups in total. The molecule has 0 fully saturated rings. The van der Waals surface area contributed by atoms with Crippen molar-refractivity contribution in [2.75, 3.05) is 11.4 Å². The van der Waals surface area contributed by atoms with Gasteiger partial charge in [0.2, 0.25) is 5.91 Å². The van der Waals surface area contributed by atoms with Gasteiger partial charge in [-0.15, -0.1) is 0 Å². The molecule has 7 heteroatoms. The van der Waals surface area contributed by atoms with Gasteiger partial charge in [-0.1, -0.05) is 60.1 Å². The van der Waals surface area contributed by atoms with Gasteiger partial charge in [-0.05, 0) is 42.3 Å². The third kappa shape index (κ3) is 4.78. The molecule has 3 aromatic carbocycles. The number of halogens is 1. The summed E-state index contributed by atoms with van der Waals surface area (Å²) in [5.41, 5.74) is 1.11. The van der Waals surface area contributed by atoms with Crippen molar-refractivity contribution < 1.29 is 17.9 Å². The zero-order valence-corrected chi connectivity index (χ0v) is 17.4. The van der Waals surface area contributed by atoms with Crippen LogP contribution in [0.5, 0.6) is 5.75 Å². The van der Waals surface area contributed by atoms with E-state index < -0.39 is 15.9 Å². The van der Waals surface area contributed by atoms with Crippen LogP contribution >= 0.6 is 11.6 Å². The molecule has 5 nitrogen and oxygen atoms in total. The van der Waals surface area contributed by atoms with Crippen LogP contribution in [0.1, 0.15) is 12.0 Å². The van der Waals surface area contributed by atoms with Crippen LogP contribution in [-0.4, -0.2) is 21.4 Å². The smallest absolute Gasteiger partial charge is 0.270 e. The van der Waals surface area contributed by atoms with Crippen molar-refractivity contribution in [3.63, 3.8) is 0 Å². The second-order valence-corrected chi connectivity index (χ2v) is 8.47. The first-order valence-electron chi connectivity index (χ1n) is 8.94. The van der Waals surface area contributed by atoms with Crippen molar-refractivity contribution in [3.8, 4) is 5.75 Å². The van der Waals surface area contributed by atoms with Gasteiger partial charge < -0.3 is 4.74 Å². The van der Waals surface area contributed by atoms with E-state index in [0.717, 1.165) is 9.87 Å². The normalized spacial score (nSPS) is 11.1. The Bertz CT molecular complexity index is 1090. The SMILES string of the molecule is COc1ccc(N(C(=O)CCc2ccccc2)S(=O)(=O)c2ccccc2)cc1Cl. The third-order valence-corrected chi connectivity index (χ3v) is 6.41. The molecule has 0 aliphatic rings. The Labute approximate surface area is 175 Å². The van der Waals surface area contributed by atoms with E-state index >= 15 is 0 Å². The fourth-order valence-electron chi connectivity index (χ4n) is 2.89. The van der Waals surface area contributed by atoms with E-state index in [-0.39, 0.29) is 22.0 Å². The second kappa shape index (κ2) is 9.11. The lowest BCUT2D eigenvalue weighted by Gasteiger charge is -2.23. The lowest BCUT2D eigenvalue weighted by molar-refractivity contribution is -0.117. The van der Waals surface area contributed by atoms with Gasteiger partial charge in [0.25, 0.3) is 10.0 Å². The van der Waals surface area contributed by atoms with Crippen molar-refractivity contribution in [1.82, 2.24) is 0 Å². The number of hydrogen-bond donors (Lipinski definition) is 0. The first-order valence-corrected chi connectivity index (χ1v) is 10.8. The number of nitrogens with zero attached hydrogens (tertiary/aromatic N) is 1. The van der Waals surface area contributed by atoms with E-state index in [2.05, 4.69) is 0 Å². The van der Waals surface area contributed by atoms with Gasteiger partial charge in [0, 0.05) is 6.42 Å². The van der Waals surface area contributed by atoms with Crippen LogP contribution in [0.2, 0.25) is 5.02 Å². The lowest BCUT2D eigenvalue weighted by atomic mass is 10.1. The number of sulfonamides is 1. The zero-order chi connectivity index (χ0) is 20.9. The zero-order valence-electron chi connectivity index (χ0n) is 15.8. The van der Waals surface area contributed by atoms with Gasteiger partial charge in [0.1, 0.15) is 5.75 Å². The van der Waals surface area contributed by atoms with Crippen LogP contribution in [0.25, 0.3) is 0 Å². The number of carbonyl (C=O) groups excluding carboxylic acids is 1.